The molecular formula is C26H38BN7O5. The summed E-state index contributed by atoms with van der Waals surface area (Å²) in [7, 11) is -1.69. The molecule has 0 unspecified atom stereocenters. The second-order valence-electron chi connectivity index (χ2n) is 11.5. The number of piperidine rings is 1. The number of hydrogen-bond acceptors (Lipinski definition) is 9. The third kappa shape index (κ3) is 5.35. The van der Waals surface area contributed by atoms with Crippen molar-refractivity contribution in [3.05, 3.63) is 23.7 Å². The van der Waals surface area contributed by atoms with Gasteiger partial charge in [0.05, 0.1) is 42.9 Å². The van der Waals surface area contributed by atoms with Crippen molar-refractivity contribution in [1.29, 1.82) is 0 Å². The minimum atomic E-state index is -1.69. The maximum absolute atomic E-state index is 12.5. The molecule has 5 rings (SSSR count). The number of ether oxygens (including phenoxy) is 2. The highest BCUT2D eigenvalue weighted by Crippen LogP contribution is 2.34. The van der Waals surface area contributed by atoms with Gasteiger partial charge in [0.2, 0.25) is 0 Å². The van der Waals surface area contributed by atoms with Gasteiger partial charge < -0.3 is 29.3 Å². The summed E-state index contributed by atoms with van der Waals surface area (Å²) in [6, 6.07) is 2.26. The fourth-order valence-electron chi connectivity index (χ4n) is 5.55. The molecule has 39 heavy (non-hydrogen) atoms. The molecular weight excluding hydrogens is 501 g/mol. The summed E-state index contributed by atoms with van der Waals surface area (Å²) < 4.78 is 14.9. The van der Waals surface area contributed by atoms with Crippen molar-refractivity contribution in [3.63, 3.8) is 0 Å². The molecule has 1 atom stereocenters. The van der Waals surface area contributed by atoms with Crippen LogP contribution in [0.2, 0.25) is 0 Å². The average molecular weight is 539 g/mol. The molecule has 0 aromatic carbocycles. The van der Waals surface area contributed by atoms with E-state index in [2.05, 4.69) is 21.6 Å². The monoisotopic (exact) mass is 539 g/mol. The van der Waals surface area contributed by atoms with E-state index in [0.29, 0.717) is 38.5 Å². The summed E-state index contributed by atoms with van der Waals surface area (Å²) >= 11 is 0. The molecule has 2 aliphatic heterocycles. The normalized spacial score (nSPS) is 19.1. The highest BCUT2D eigenvalue weighted by Gasteiger charge is 2.31. The van der Waals surface area contributed by atoms with Crippen molar-refractivity contribution in [1.82, 2.24) is 29.3 Å². The summed E-state index contributed by atoms with van der Waals surface area (Å²) in [5, 5.41) is 29.4. The third-order valence-electron chi connectivity index (χ3n) is 7.47. The summed E-state index contributed by atoms with van der Waals surface area (Å²) in [5.41, 5.74) is 3.67. The summed E-state index contributed by atoms with van der Waals surface area (Å²) in [4.78, 5) is 21.3. The fraction of sp³-hybridized carbons (Fsp3) is 0.615. The molecule has 2 aliphatic rings. The number of aryl methyl sites for hydroxylation is 1. The van der Waals surface area contributed by atoms with E-state index in [0.717, 1.165) is 41.3 Å². The van der Waals surface area contributed by atoms with E-state index in [1.807, 2.05) is 40.7 Å². The Morgan fingerprint density at radius 1 is 1.18 bits per heavy atom. The lowest BCUT2D eigenvalue weighted by Gasteiger charge is -2.34. The van der Waals surface area contributed by atoms with E-state index >= 15 is 0 Å². The van der Waals surface area contributed by atoms with Crippen LogP contribution in [0.3, 0.4) is 0 Å². The standard InChI is InChI=1S/C26H38BN7O5/c1-16-15-38-12-11-32(16)22-13-21(34-24(29-22)20(14-28-34)27(36)37)23-17(2)30-33(18(23)3)19-7-9-31(10-8-19)25(35)39-26(4,5)6/h13-14,16,19,36-37H,7-12,15H2,1-6H3/t16-/m1/s1. The van der Waals surface area contributed by atoms with Crippen LogP contribution in [-0.4, -0.2) is 97.0 Å². The van der Waals surface area contributed by atoms with Crippen molar-refractivity contribution in [2.45, 2.75) is 72.1 Å². The Morgan fingerprint density at radius 3 is 2.54 bits per heavy atom. The molecule has 0 bridgehead atoms. The average Bonchev–Trinajstić information content (AvgIpc) is 3.43. The first-order valence-corrected chi connectivity index (χ1v) is 13.6. The van der Waals surface area contributed by atoms with Gasteiger partial charge in [-0.25, -0.2) is 14.3 Å². The number of carbonyl (C=O) groups is 1. The molecule has 2 saturated heterocycles. The maximum Gasteiger partial charge on any atom is 0.493 e. The number of likely N-dealkylation sites (tertiary alicyclic amines) is 1. The first-order chi connectivity index (χ1) is 18.4. The van der Waals surface area contributed by atoms with Gasteiger partial charge in [-0.2, -0.15) is 10.2 Å². The summed E-state index contributed by atoms with van der Waals surface area (Å²) in [6.45, 7) is 14.8. The Kier molecular flexibility index (Phi) is 7.34. The topological polar surface area (TPSA) is 130 Å². The third-order valence-corrected chi connectivity index (χ3v) is 7.47. The second kappa shape index (κ2) is 10.4. The highest BCUT2D eigenvalue weighted by molar-refractivity contribution is 6.60. The summed E-state index contributed by atoms with van der Waals surface area (Å²) in [5.74, 6) is 0.730. The molecule has 0 aliphatic carbocycles. The van der Waals surface area contributed by atoms with Crippen molar-refractivity contribution in [3.8, 4) is 11.3 Å². The van der Waals surface area contributed by atoms with Crippen LogP contribution >= 0.6 is 0 Å². The smallest absolute Gasteiger partial charge is 0.444 e. The number of morpholine rings is 1. The van der Waals surface area contributed by atoms with E-state index in [9.17, 15) is 14.8 Å². The molecule has 13 heteroatoms. The van der Waals surface area contributed by atoms with Crippen LogP contribution in [0.4, 0.5) is 10.6 Å². The van der Waals surface area contributed by atoms with Gasteiger partial charge in [-0.3, -0.25) is 4.68 Å². The number of carbonyl (C=O) groups excluding carboxylic acids is 1. The minimum Gasteiger partial charge on any atom is -0.444 e. The van der Waals surface area contributed by atoms with Crippen LogP contribution in [0.25, 0.3) is 16.9 Å². The Balaban J connectivity index is 1.50. The summed E-state index contributed by atoms with van der Waals surface area (Å²) in [6.07, 6.45) is 2.71. The van der Waals surface area contributed by atoms with Crippen LogP contribution in [0.15, 0.2) is 12.3 Å². The predicted octanol–water partition coefficient (Wildman–Crippen LogP) is 1.69. The number of anilines is 1. The van der Waals surface area contributed by atoms with Gasteiger partial charge in [0, 0.05) is 42.4 Å². The van der Waals surface area contributed by atoms with Crippen molar-refractivity contribution >= 4 is 30.1 Å². The van der Waals surface area contributed by atoms with Gasteiger partial charge in [-0.1, -0.05) is 0 Å². The van der Waals surface area contributed by atoms with E-state index in [-0.39, 0.29) is 23.6 Å². The molecule has 12 nitrogen and oxygen atoms in total. The molecule has 1 amide bonds. The predicted molar refractivity (Wildman–Crippen MR) is 147 cm³/mol. The zero-order valence-corrected chi connectivity index (χ0v) is 23.6. The zero-order valence-electron chi connectivity index (χ0n) is 23.6. The number of nitrogens with zero attached hydrogens (tertiary/aromatic N) is 7. The van der Waals surface area contributed by atoms with Gasteiger partial charge in [0.25, 0.3) is 0 Å². The maximum atomic E-state index is 12.5. The molecule has 0 spiro atoms. The van der Waals surface area contributed by atoms with Gasteiger partial charge in [-0.15, -0.1) is 0 Å². The van der Waals surface area contributed by atoms with Gasteiger partial charge in [0.15, 0.2) is 5.65 Å². The number of fused-ring (bicyclic) bond motifs is 1. The minimum absolute atomic E-state index is 0.118. The Morgan fingerprint density at radius 2 is 1.90 bits per heavy atom. The molecule has 0 radical (unpaired) electrons. The van der Waals surface area contributed by atoms with Crippen molar-refractivity contribution in [2.24, 2.45) is 0 Å². The van der Waals surface area contributed by atoms with Crippen molar-refractivity contribution in [2.75, 3.05) is 37.7 Å². The quantitative estimate of drug-likeness (QED) is 0.476. The Labute approximate surface area is 228 Å². The molecule has 5 heterocycles. The number of rotatable bonds is 4. The van der Waals surface area contributed by atoms with Gasteiger partial charge in [-0.05, 0) is 54.4 Å². The molecule has 3 aromatic heterocycles. The van der Waals surface area contributed by atoms with Crippen LogP contribution in [0.1, 0.15) is 58.0 Å². The second-order valence-corrected chi connectivity index (χ2v) is 11.5. The van der Waals surface area contributed by atoms with E-state index in [1.54, 1.807) is 9.42 Å². The largest absolute Gasteiger partial charge is 0.493 e. The number of aromatic nitrogens is 5. The highest BCUT2D eigenvalue weighted by atomic mass is 16.6. The molecule has 3 aromatic rings. The number of amides is 1. The number of hydrogen-bond donors (Lipinski definition) is 2. The first-order valence-electron chi connectivity index (χ1n) is 13.6. The lowest BCUT2D eigenvalue weighted by atomic mass is 9.82. The Hall–Kier alpha value is -3.16. The Bertz CT molecular complexity index is 1360. The van der Waals surface area contributed by atoms with Crippen LogP contribution in [0.5, 0.6) is 0 Å². The molecule has 210 valence electrons. The van der Waals surface area contributed by atoms with E-state index in [1.165, 1.54) is 6.20 Å². The fourth-order valence-corrected chi connectivity index (χ4v) is 5.55. The SMILES string of the molecule is Cc1nn(C2CCN(C(=O)OC(C)(C)C)CC2)c(C)c1-c1cc(N2CCOC[C@H]2C)nc2c(B(O)O)cnn12. The van der Waals surface area contributed by atoms with Gasteiger partial charge in [0.1, 0.15) is 11.4 Å². The van der Waals surface area contributed by atoms with E-state index < -0.39 is 12.7 Å². The van der Waals surface area contributed by atoms with Crippen LogP contribution < -0.4 is 10.4 Å². The first kappa shape index (κ1) is 27.4. The van der Waals surface area contributed by atoms with Gasteiger partial charge >= 0.3 is 13.2 Å². The van der Waals surface area contributed by atoms with Crippen molar-refractivity contribution < 1.29 is 24.3 Å². The van der Waals surface area contributed by atoms with Crippen LogP contribution in [-0.2, 0) is 9.47 Å². The molecule has 0 saturated carbocycles. The zero-order chi connectivity index (χ0) is 28.1. The molecule has 2 fully saturated rings. The van der Waals surface area contributed by atoms with E-state index in [4.69, 9.17) is 19.6 Å². The lowest BCUT2D eigenvalue weighted by Crippen LogP contribution is -2.44. The lowest BCUT2D eigenvalue weighted by molar-refractivity contribution is 0.0184. The molecule has 2 N–H and O–H groups in total. The van der Waals surface area contributed by atoms with Crippen LogP contribution in [0, 0.1) is 13.8 Å².